The van der Waals surface area contributed by atoms with Crippen LogP contribution < -0.4 is 5.32 Å². The number of hydrogen-bond donors (Lipinski definition) is 2. The highest BCUT2D eigenvalue weighted by Gasteiger charge is 2.21. The first-order valence-electron chi connectivity index (χ1n) is 7.11. The van der Waals surface area contributed by atoms with Gasteiger partial charge in [-0.3, -0.25) is 9.69 Å². The average molecular weight is 291 g/mol. The van der Waals surface area contributed by atoms with Crippen molar-refractivity contribution in [1.82, 2.24) is 9.80 Å². The Balaban J connectivity index is 1.79. The topological polar surface area (TPSA) is 72.9 Å². The highest BCUT2D eigenvalue weighted by Crippen LogP contribution is 2.11. The lowest BCUT2D eigenvalue weighted by Crippen LogP contribution is -2.50. The summed E-state index contributed by atoms with van der Waals surface area (Å²) in [5.74, 6) is -0.783. The van der Waals surface area contributed by atoms with Crippen LogP contribution in [0.5, 0.6) is 0 Å². The number of rotatable bonds is 4. The number of carboxylic acids is 1. The predicted octanol–water partition coefficient (Wildman–Crippen LogP) is 1.62. The number of amides is 2. The van der Waals surface area contributed by atoms with E-state index in [0.29, 0.717) is 32.7 Å². The van der Waals surface area contributed by atoms with Crippen molar-refractivity contribution in [3.8, 4) is 0 Å². The fourth-order valence-corrected chi connectivity index (χ4v) is 2.35. The fourth-order valence-electron chi connectivity index (χ4n) is 2.35. The Morgan fingerprint density at radius 2 is 1.95 bits per heavy atom. The Hall–Kier alpha value is -2.08. The minimum absolute atomic E-state index is 0.0986. The van der Waals surface area contributed by atoms with Gasteiger partial charge in [0.15, 0.2) is 0 Å². The van der Waals surface area contributed by atoms with Crippen molar-refractivity contribution in [1.29, 1.82) is 0 Å². The van der Waals surface area contributed by atoms with Crippen LogP contribution in [0.15, 0.2) is 24.3 Å². The number of carbonyl (C=O) groups excluding carboxylic acids is 1. The number of hydrogen-bond acceptors (Lipinski definition) is 3. The first-order valence-corrected chi connectivity index (χ1v) is 7.11. The number of aryl methyl sites for hydroxylation is 1. The zero-order valence-corrected chi connectivity index (χ0v) is 12.2. The quantitative estimate of drug-likeness (QED) is 0.884. The SMILES string of the molecule is Cc1cccc(NC(=O)N2CCN(CCC(=O)O)CC2)c1. The molecule has 0 radical (unpaired) electrons. The second-order valence-electron chi connectivity index (χ2n) is 5.27. The lowest BCUT2D eigenvalue weighted by molar-refractivity contribution is -0.137. The summed E-state index contributed by atoms with van der Waals surface area (Å²) in [6.45, 7) is 5.21. The van der Waals surface area contributed by atoms with Crippen LogP contribution in [0.4, 0.5) is 10.5 Å². The van der Waals surface area contributed by atoms with Gasteiger partial charge in [-0.25, -0.2) is 4.79 Å². The third kappa shape index (κ3) is 4.75. The molecule has 1 aromatic carbocycles. The molecule has 2 rings (SSSR count). The van der Waals surface area contributed by atoms with E-state index in [1.807, 2.05) is 31.2 Å². The molecule has 1 fully saturated rings. The summed E-state index contributed by atoms with van der Waals surface area (Å²) >= 11 is 0. The van der Waals surface area contributed by atoms with Gasteiger partial charge in [-0.05, 0) is 24.6 Å². The zero-order valence-electron chi connectivity index (χ0n) is 12.2. The first kappa shape index (κ1) is 15.3. The van der Waals surface area contributed by atoms with Crippen LogP contribution in [0.3, 0.4) is 0 Å². The van der Waals surface area contributed by atoms with Crippen molar-refractivity contribution >= 4 is 17.7 Å². The van der Waals surface area contributed by atoms with E-state index in [1.165, 1.54) is 0 Å². The molecule has 1 heterocycles. The van der Waals surface area contributed by atoms with E-state index >= 15 is 0 Å². The van der Waals surface area contributed by atoms with Gasteiger partial charge in [0.1, 0.15) is 0 Å². The summed E-state index contributed by atoms with van der Waals surface area (Å²) in [6.07, 6.45) is 0.148. The largest absolute Gasteiger partial charge is 0.481 e. The Labute approximate surface area is 124 Å². The normalized spacial score (nSPS) is 15.8. The van der Waals surface area contributed by atoms with Crippen LogP contribution in [-0.2, 0) is 4.79 Å². The molecule has 21 heavy (non-hydrogen) atoms. The molecular weight excluding hydrogens is 270 g/mol. The Morgan fingerprint density at radius 3 is 2.57 bits per heavy atom. The van der Waals surface area contributed by atoms with Crippen LogP contribution in [0, 0.1) is 6.92 Å². The Kier molecular flexibility index (Phi) is 5.16. The second kappa shape index (κ2) is 7.08. The molecule has 0 saturated carbocycles. The molecule has 1 aromatic rings. The standard InChI is InChI=1S/C15H21N3O3/c1-12-3-2-4-13(11-12)16-15(21)18-9-7-17(8-10-18)6-5-14(19)20/h2-4,11H,5-10H2,1H3,(H,16,21)(H,19,20). The molecule has 114 valence electrons. The van der Waals surface area contributed by atoms with E-state index in [0.717, 1.165) is 11.3 Å². The van der Waals surface area contributed by atoms with Crippen molar-refractivity contribution in [2.75, 3.05) is 38.0 Å². The monoisotopic (exact) mass is 291 g/mol. The number of aliphatic carboxylic acids is 1. The molecule has 6 nitrogen and oxygen atoms in total. The third-order valence-electron chi connectivity index (χ3n) is 3.57. The van der Waals surface area contributed by atoms with Gasteiger partial charge in [0.05, 0.1) is 6.42 Å². The molecule has 1 saturated heterocycles. The van der Waals surface area contributed by atoms with Gasteiger partial charge in [0.25, 0.3) is 0 Å². The Morgan fingerprint density at radius 1 is 1.24 bits per heavy atom. The van der Waals surface area contributed by atoms with Crippen molar-refractivity contribution in [2.24, 2.45) is 0 Å². The van der Waals surface area contributed by atoms with E-state index in [4.69, 9.17) is 5.11 Å². The van der Waals surface area contributed by atoms with Gasteiger partial charge >= 0.3 is 12.0 Å². The van der Waals surface area contributed by atoms with Crippen molar-refractivity contribution in [3.63, 3.8) is 0 Å². The number of nitrogens with zero attached hydrogens (tertiary/aromatic N) is 2. The van der Waals surface area contributed by atoms with Crippen LogP contribution in [0.25, 0.3) is 0 Å². The number of benzene rings is 1. The number of anilines is 1. The maximum atomic E-state index is 12.2. The molecule has 0 atom stereocenters. The molecule has 0 aromatic heterocycles. The molecule has 6 heteroatoms. The predicted molar refractivity (Wildman–Crippen MR) is 80.5 cm³/mol. The summed E-state index contributed by atoms with van der Waals surface area (Å²) in [5, 5.41) is 11.6. The van der Waals surface area contributed by atoms with Crippen molar-refractivity contribution in [3.05, 3.63) is 29.8 Å². The van der Waals surface area contributed by atoms with Gasteiger partial charge < -0.3 is 15.3 Å². The molecule has 0 aliphatic carbocycles. The van der Waals surface area contributed by atoms with E-state index in [9.17, 15) is 9.59 Å². The molecule has 1 aliphatic rings. The summed E-state index contributed by atoms with van der Waals surface area (Å²) in [4.78, 5) is 26.5. The van der Waals surface area contributed by atoms with E-state index in [-0.39, 0.29) is 12.5 Å². The van der Waals surface area contributed by atoms with E-state index in [1.54, 1.807) is 4.90 Å². The maximum absolute atomic E-state index is 12.2. The van der Waals surface area contributed by atoms with Crippen LogP contribution >= 0.6 is 0 Å². The molecule has 0 unspecified atom stereocenters. The van der Waals surface area contributed by atoms with Gasteiger partial charge in [0, 0.05) is 38.4 Å². The molecule has 2 amide bonds. The highest BCUT2D eigenvalue weighted by molar-refractivity contribution is 5.89. The van der Waals surface area contributed by atoms with Crippen molar-refractivity contribution in [2.45, 2.75) is 13.3 Å². The molecular formula is C15H21N3O3. The highest BCUT2D eigenvalue weighted by atomic mass is 16.4. The molecule has 0 bridgehead atoms. The first-order chi connectivity index (χ1) is 10.0. The third-order valence-corrected chi connectivity index (χ3v) is 3.57. The Bertz CT molecular complexity index is 511. The number of piperazine rings is 1. The number of nitrogens with one attached hydrogen (secondary N) is 1. The van der Waals surface area contributed by atoms with E-state index in [2.05, 4.69) is 10.2 Å². The molecule has 0 spiro atoms. The van der Waals surface area contributed by atoms with Gasteiger partial charge in [-0.2, -0.15) is 0 Å². The lowest BCUT2D eigenvalue weighted by Gasteiger charge is -2.34. The number of urea groups is 1. The fraction of sp³-hybridized carbons (Fsp3) is 0.467. The maximum Gasteiger partial charge on any atom is 0.321 e. The lowest BCUT2D eigenvalue weighted by atomic mass is 10.2. The van der Waals surface area contributed by atoms with Crippen LogP contribution in [-0.4, -0.2) is 59.6 Å². The summed E-state index contributed by atoms with van der Waals surface area (Å²) in [7, 11) is 0. The second-order valence-corrected chi connectivity index (χ2v) is 5.27. The number of carboxylic acid groups (broad SMARTS) is 1. The van der Waals surface area contributed by atoms with Crippen LogP contribution in [0.1, 0.15) is 12.0 Å². The minimum atomic E-state index is -0.783. The van der Waals surface area contributed by atoms with E-state index < -0.39 is 5.97 Å². The number of carbonyl (C=O) groups is 2. The zero-order chi connectivity index (χ0) is 15.2. The summed E-state index contributed by atoms with van der Waals surface area (Å²) in [6, 6.07) is 7.60. The van der Waals surface area contributed by atoms with Gasteiger partial charge in [0.2, 0.25) is 0 Å². The smallest absolute Gasteiger partial charge is 0.321 e. The van der Waals surface area contributed by atoms with Gasteiger partial charge in [-0.15, -0.1) is 0 Å². The minimum Gasteiger partial charge on any atom is -0.481 e. The summed E-state index contributed by atoms with van der Waals surface area (Å²) in [5.41, 5.74) is 1.90. The van der Waals surface area contributed by atoms with Crippen molar-refractivity contribution < 1.29 is 14.7 Å². The molecule has 2 N–H and O–H groups in total. The summed E-state index contributed by atoms with van der Waals surface area (Å²) < 4.78 is 0. The van der Waals surface area contributed by atoms with Crippen LogP contribution in [0.2, 0.25) is 0 Å². The van der Waals surface area contributed by atoms with Gasteiger partial charge in [-0.1, -0.05) is 12.1 Å². The molecule has 1 aliphatic heterocycles. The average Bonchev–Trinajstić information content (AvgIpc) is 2.45.